The summed E-state index contributed by atoms with van der Waals surface area (Å²) in [6.07, 6.45) is 0. The van der Waals surface area contributed by atoms with Crippen molar-refractivity contribution < 1.29 is 22.4 Å². The van der Waals surface area contributed by atoms with Crippen LogP contribution in [0.15, 0.2) is 108 Å². The molecule has 7 rings (SSSR count). The molecule has 5 nitrogen and oxygen atoms in total. The minimum atomic E-state index is 0. The first-order chi connectivity index (χ1) is 26.8. The molecule has 6 heteroatoms. The zero-order valence-electron chi connectivity index (χ0n) is 37.9. The Kier molecular flexibility index (Phi) is 12.7. The van der Waals surface area contributed by atoms with E-state index >= 15 is 0 Å². The summed E-state index contributed by atoms with van der Waals surface area (Å²) in [7, 11) is 0. The van der Waals surface area contributed by atoms with Gasteiger partial charge in [-0.1, -0.05) is 171 Å². The van der Waals surface area contributed by atoms with Crippen LogP contribution in [0.3, 0.4) is 0 Å². The van der Waals surface area contributed by atoms with Crippen molar-refractivity contribution in [2.45, 2.75) is 131 Å². The summed E-state index contributed by atoms with van der Waals surface area (Å²) in [6.45, 7) is 36.2. The van der Waals surface area contributed by atoms with Gasteiger partial charge in [-0.25, -0.2) is 0 Å². The smallest absolute Gasteiger partial charge is 0.129 e. The van der Waals surface area contributed by atoms with Gasteiger partial charge >= 0.3 is 0 Å². The number of amidine groups is 1. The Morgan fingerprint density at radius 2 is 0.949 bits per heavy atom. The third-order valence-corrected chi connectivity index (χ3v) is 11.0. The van der Waals surface area contributed by atoms with Gasteiger partial charge in [0, 0.05) is 39.3 Å². The van der Waals surface area contributed by atoms with Crippen molar-refractivity contribution in [1.29, 1.82) is 5.26 Å². The van der Waals surface area contributed by atoms with Crippen molar-refractivity contribution in [3.8, 4) is 6.07 Å². The Morgan fingerprint density at radius 1 is 0.508 bits per heavy atom. The molecule has 0 bridgehead atoms. The minimum absolute atomic E-state index is 0. The van der Waals surface area contributed by atoms with Crippen LogP contribution in [0, 0.1) is 18.0 Å². The van der Waals surface area contributed by atoms with Crippen LogP contribution in [-0.4, -0.2) is 5.84 Å². The molecule has 5 aromatic carbocycles. The predicted octanol–water partition coefficient (Wildman–Crippen LogP) is 13.8. The van der Waals surface area contributed by atoms with Crippen LogP contribution in [-0.2, 0) is 49.5 Å². The average Bonchev–Trinajstić information content (AvgIpc) is 3.75. The van der Waals surface area contributed by atoms with E-state index in [2.05, 4.69) is 216 Å². The van der Waals surface area contributed by atoms with Gasteiger partial charge in [0.25, 0.3) is 0 Å². The summed E-state index contributed by atoms with van der Waals surface area (Å²) in [5, 5.41) is 18.5. The van der Waals surface area contributed by atoms with E-state index in [1.165, 1.54) is 27.8 Å². The number of hydrazone groups is 1. The SMILES string of the molecule is CC(C)(C)c1cc(N2[CH-]N(c3cc(C(C)(C)C)cc(C(C)(C)C)c3)C(c3ccccc3)=N2)cc(C(C)(C)C)c1.CC(C)(C)c1ccc2[n-]c3ccc(C#N)cc3c2c1.[Au]. The normalized spacial score (nSPS) is 13.8. The molecule has 0 amide bonds. The summed E-state index contributed by atoms with van der Waals surface area (Å²) in [6, 6.07) is 38.8. The van der Waals surface area contributed by atoms with Crippen LogP contribution < -0.4 is 14.9 Å². The number of fused-ring (bicyclic) bond motifs is 3. The molecule has 313 valence electrons. The minimum Gasteiger partial charge on any atom is -0.657 e. The first-order valence-electron chi connectivity index (χ1n) is 20.6. The number of nitriles is 1. The van der Waals surface area contributed by atoms with E-state index < -0.39 is 0 Å². The molecule has 1 aliphatic heterocycles. The van der Waals surface area contributed by atoms with Gasteiger partial charge < -0.3 is 14.9 Å². The van der Waals surface area contributed by atoms with Gasteiger partial charge in [-0.3, -0.25) is 0 Å². The second-order valence-electron chi connectivity index (χ2n) is 21.1. The summed E-state index contributed by atoms with van der Waals surface area (Å²) >= 11 is 0. The molecule has 0 fully saturated rings. The van der Waals surface area contributed by atoms with Gasteiger partial charge in [-0.2, -0.15) is 10.4 Å². The molecular formula is C53H63AuN5-2. The summed E-state index contributed by atoms with van der Waals surface area (Å²) in [4.78, 5) is 6.87. The number of hydrogen-bond donors (Lipinski definition) is 0. The Morgan fingerprint density at radius 3 is 1.41 bits per heavy atom. The zero-order chi connectivity index (χ0) is 42.6. The van der Waals surface area contributed by atoms with Gasteiger partial charge in [0.15, 0.2) is 0 Å². The largest absolute Gasteiger partial charge is 0.657 e. The van der Waals surface area contributed by atoms with E-state index in [0.717, 1.165) is 44.6 Å². The van der Waals surface area contributed by atoms with Crippen LogP contribution in [0.1, 0.15) is 143 Å². The molecule has 0 spiro atoms. The Labute approximate surface area is 370 Å². The standard InChI is InChI=1S/C36H48N3.C17H15N2.Au/c1-33(2,3)26-18-27(34(4,5)6)21-30(20-26)38-24-39(37-32(38)25-16-14-13-15-17-25)31-22-28(35(7,8)9)19-29(23-31)36(10,11)12;1-17(2,3)12-5-7-16-14(9-12)13-8-11(10-18)4-6-15(13)19-16;/h13-24H,1-12H3;4-9H,1-3H3;/q2*-1;. The van der Waals surface area contributed by atoms with Crippen LogP contribution >= 0.6 is 0 Å². The first-order valence-corrected chi connectivity index (χ1v) is 20.6. The van der Waals surface area contributed by atoms with Crippen molar-refractivity contribution >= 4 is 39.0 Å². The third-order valence-electron chi connectivity index (χ3n) is 11.0. The molecule has 0 atom stereocenters. The van der Waals surface area contributed by atoms with E-state index in [0.29, 0.717) is 5.56 Å². The molecule has 2 heterocycles. The van der Waals surface area contributed by atoms with Crippen molar-refractivity contribution in [3.63, 3.8) is 0 Å². The van der Waals surface area contributed by atoms with Gasteiger partial charge in [0.05, 0.1) is 11.6 Å². The second kappa shape index (κ2) is 16.5. The molecule has 1 aliphatic rings. The molecule has 1 radical (unpaired) electrons. The molecule has 59 heavy (non-hydrogen) atoms. The fraction of sp³-hybridized carbons (Fsp3) is 0.377. The zero-order valence-corrected chi connectivity index (χ0v) is 40.1. The summed E-state index contributed by atoms with van der Waals surface area (Å²) in [5.74, 6) is 0.931. The van der Waals surface area contributed by atoms with Crippen LogP contribution in [0.2, 0.25) is 0 Å². The molecule has 0 saturated carbocycles. The summed E-state index contributed by atoms with van der Waals surface area (Å²) in [5.41, 5.74) is 12.8. The molecule has 0 unspecified atom stereocenters. The first kappa shape index (κ1) is 45.5. The van der Waals surface area contributed by atoms with Gasteiger partial charge in [0.1, 0.15) is 5.84 Å². The van der Waals surface area contributed by atoms with Gasteiger partial charge in [-0.05, 0) is 102 Å². The molecule has 0 saturated heterocycles. The van der Waals surface area contributed by atoms with E-state index in [4.69, 9.17) is 10.4 Å². The third kappa shape index (κ3) is 10.2. The monoisotopic (exact) mass is 966 g/mol. The quantitative estimate of drug-likeness (QED) is 0.131. The Balaban J connectivity index is 0.000000276. The Hall–Kier alpha value is -4.60. The molecule has 1 aromatic heterocycles. The number of anilines is 2. The molecule has 0 N–H and O–H groups in total. The number of nitrogens with zero attached hydrogens (tertiary/aromatic N) is 5. The van der Waals surface area contributed by atoms with Crippen LogP contribution in [0.25, 0.3) is 21.8 Å². The van der Waals surface area contributed by atoms with Gasteiger partial charge in [0.2, 0.25) is 0 Å². The number of rotatable bonds is 3. The Bertz CT molecular complexity index is 2450. The maximum atomic E-state index is 9.02. The van der Waals surface area contributed by atoms with E-state index in [1.807, 2.05) is 18.2 Å². The fourth-order valence-corrected chi connectivity index (χ4v) is 7.03. The maximum absolute atomic E-state index is 9.02. The van der Waals surface area contributed by atoms with Crippen molar-refractivity contribution in [1.82, 2.24) is 4.98 Å². The van der Waals surface area contributed by atoms with Crippen molar-refractivity contribution in [2.24, 2.45) is 5.10 Å². The molecule has 0 aliphatic carbocycles. The number of benzene rings is 5. The predicted molar refractivity (Wildman–Crippen MR) is 248 cm³/mol. The second-order valence-corrected chi connectivity index (χ2v) is 21.1. The fourth-order valence-electron chi connectivity index (χ4n) is 7.03. The number of hydrogen-bond acceptors (Lipinski definition) is 4. The van der Waals surface area contributed by atoms with E-state index in [9.17, 15) is 0 Å². The average molecular weight is 967 g/mol. The van der Waals surface area contributed by atoms with Crippen molar-refractivity contribution in [2.75, 3.05) is 9.91 Å². The topological polar surface area (TPSA) is 56.7 Å². The summed E-state index contributed by atoms with van der Waals surface area (Å²) < 4.78 is 0. The maximum Gasteiger partial charge on any atom is 0.129 e. The van der Waals surface area contributed by atoms with E-state index in [-0.39, 0.29) is 49.5 Å². The van der Waals surface area contributed by atoms with Crippen LogP contribution in [0.4, 0.5) is 11.4 Å². The van der Waals surface area contributed by atoms with E-state index in [1.54, 1.807) is 0 Å². The van der Waals surface area contributed by atoms with Crippen LogP contribution in [0.5, 0.6) is 0 Å². The molecule has 6 aromatic rings. The van der Waals surface area contributed by atoms with Crippen molar-refractivity contribution in [3.05, 3.63) is 149 Å². The number of aromatic nitrogens is 1. The van der Waals surface area contributed by atoms with Gasteiger partial charge in [-0.15, -0.1) is 17.7 Å². The molecular weight excluding hydrogens is 904 g/mol.